The van der Waals surface area contributed by atoms with Gasteiger partial charge in [0.15, 0.2) is 6.61 Å². The molecule has 1 aliphatic rings. The van der Waals surface area contributed by atoms with Crippen LogP contribution in [-0.4, -0.2) is 52.1 Å². The van der Waals surface area contributed by atoms with Gasteiger partial charge in [0.05, 0.1) is 18.1 Å². The lowest BCUT2D eigenvalue weighted by Gasteiger charge is -2.26. The molecule has 1 saturated heterocycles. The van der Waals surface area contributed by atoms with Crippen molar-refractivity contribution in [2.45, 2.75) is 17.9 Å². The first kappa shape index (κ1) is 20.3. The van der Waals surface area contributed by atoms with E-state index in [4.69, 9.17) is 9.47 Å². The fraction of sp³-hybridized carbons (Fsp3) is 0.350. The fourth-order valence-corrected chi connectivity index (χ4v) is 4.11. The minimum atomic E-state index is -3.67. The highest BCUT2D eigenvalue weighted by Gasteiger charge is 2.19. The number of carbonyl (C=O) groups is 1. The fourth-order valence-electron chi connectivity index (χ4n) is 2.87. The smallest absolute Gasteiger partial charge is 0.260 e. The van der Waals surface area contributed by atoms with Gasteiger partial charge in [-0.05, 0) is 36.8 Å². The van der Waals surface area contributed by atoms with Gasteiger partial charge in [-0.2, -0.15) is 0 Å². The van der Waals surface area contributed by atoms with Crippen LogP contribution in [0, 0.1) is 0 Å². The predicted molar refractivity (Wildman–Crippen MR) is 105 cm³/mol. The maximum absolute atomic E-state index is 12.6. The van der Waals surface area contributed by atoms with E-state index in [0.717, 1.165) is 5.56 Å². The maximum atomic E-state index is 12.6. The van der Waals surface area contributed by atoms with Gasteiger partial charge in [0, 0.05) is 19.1 Å². The van der Waals surface area contributed by atoms with Crippen LogP contribution in [0.1, 0.15) is 18.5 Å². The first-order valence-corrected chi connectivity index (χ1v) is 10.6. The largest absolute Gasteiger partial charge is 0.484 e. The molecule has 1 atom stereocenters. The first-order chi connectivity index (χ1) is 13.5. The number of ether oxygens (including phenoxy) is 2. The van der Waals surface area contributed by atoms with E-state index in [1.807, 2.05) is 30.3 Å². The van der Waals surface area contributed by atoms with Gasteiger partial charge in [0.1, 0.15) is 5.75 Å². The third-order valence-corrected chi connectivity index (χ3v) is 6.05. The number of nitrogens with one attached hydrogen (secondary N) is 1. The third-order valence-electron chi connectivity index (χ3n) is 4.49. The molecule has 0 spiro atoms. The Labute approximate surface area is 165 Å². The summed E-state index contributed by atoms with van der Waals surface area (Å²) in [6.07, 6.45) is 0. The van der Waals surface area contributed by atoms with Crippen molar-refractivity contribution in [3.63, 3.8) is 0 Å². The van der Waals surface area contributed by atoms with Gasteiger partial charge in [-0.25, -0.2) is 13.1 Å². The highest BCUT2D eigenvalue weighted by atomic mass is 32.2. The van der Waals surface area contributed by atoms with Crippen molar-refractivity contribution < 1.29 is 22.7 Å². The molecule has 3 rings (SSSR count). The summed E-state index contributed by atoms with van der Waals surface area (Å²) in [6, 6.07) is 15.0. The Kier molecular flexibility index (Phi) is 6.66. The molecule has 0 unspecified atom stereocenters. The minimum Gasteiger partial charge on any atom is -0.484 e. The highest BCUT2D eigenvalue weighted by Crippen LogP contribution is 2.19. The summed E-state index contributed by atoms with van der Waals surface area (Å²) in [4.78, 5) is 13.9. The Hall–Kier alpha value is -2.42. The number of benzene rings is 2. The van der Waals surface area contributed by atoms with Gasteiger partial charge in [0.2, 0.25) is 10.0 Å². The first-order valence-electron chi connectivity index (χ1n) is 9.11. The Balaban J connectivity index is 1.57. The summed E-state index contributed by atoms with van der Waals surface area (Å²) in [6.45, 7) is 3.89. The monoisotopic (exact) mass is 404 g/mol. The van der Waals surface area contributed by atoms with E-state index in [1.54, 1.807) is 24.0 Å². The lowest BCUT2D eigenvalue weighted by Crippen LogP contribution is -2.42. The molecule has 2 aromatic rings. The Morgan fingerprint density at radius 3 is 2.39 bits per heavy atom. The van der Waals surface area contributed by atoms with E-state index in [0.29, 0.717) is 32.1 Å². The minimum absolute atomic E-state index is 0.0879. The number of morpholine rings is 1. The summed E-state index contributed by atoms with van der Waals surface area (Å²) >= 11 is 0. The second kappa shape index (κ2) is 9.18. The van der Waals surface area contributed by atoms with Gasteiger partial charge in [-0.15, -0.1) is 0 Å². The van der Waals surface area contributed by atoms with Gasteiger partial charge in [-0.3, -0.25) is 4.79 Å². The van der Waals surface area contributed by atoms with E-state index in [2.05, 4.69) is 4.72 Å². The summed E-state index contributed by atoms with van der Waals surface area (Å²) < 4.78 is 38.5. The van der Waals surface area contributed by atoms with Gasteiger partial charge >= 0.3 is 0 Å². The van der Waals surface area contributed by atoms with Crippen LogP contribution in [0.25, 0.3) is 0 Å². The van der Waals surface area contributed by atoms with E-state index < -0.39 is 10.0 Å². The summed E-state index contributed by atoms with van der Waals surface area (Å²) in [5.74, 6) is 0.329. The van der Waals surface area contributed by atoms with Gasteiger partial charge in [0.25, 0.3) is 5.91 Å². The Morgan fingerprint density at radius 2 is 1.75 bits per heavy atom. The molecule has 150 valence electrons. The highest BCUT2D eigenvalue weighted by molar-refractivity contribution is 7.89. The number of amides is 1. The average molecular weight is 404 g/mol. The van der Waals surface area contributed by atoms with Crippen molar-refractivity contribution in [1.29, 1.82) is 0 Å². The van der Waals surface area contributed by atoms with Crippen molar-refractivity contribution in [3.05, 3.63) is 60.2 Å². The molecular formula is C20H24N2O5S. The molecular weight excluding hydrogens is 380 g/mol. The number of nitrogens with zero attached hydrogens (tertiary/aromatic N) is 1. The van der Waals surface area contributed by atoms with Gasteiger partial charge in [-0.1, -0.05) is 30.3 Å². The number of carbonyl (C=O) groups excluding carboxylic acids is 1. The zero-order valence-electron chi connectivity index (χ0n) is 15.7. The Bertz CT molecular complexity index is 879. The quantitative estimate of drug-likeness (QED) is 0.763. The van der Waals surface area contributed by atoms with E-state index >= 15 is 0 Å². The molecule has 1 heterocycles. The third kappa shape index (κ3) is 5.31. The molecule has 0 bridgehead atoms. The van der Waals surface area contributed by atoms with Crippen molar-refractivity contribution in [3.8, 4) is 5.75 Å². The van der Waals surface area contributed by atoms with E-state index in [-0.39, 0.29) is 23.5 Å². The number of hydrogen-bond acceptors (Lipinski definition) is 5. The molecule has 1 aliphatic heterocycles. The van der Waals surface area contributed by atoms with Crippen LogP contribution in [0.2, 0.25) is 0 Å². The molecule has 8 heteroatoms. The van der Waals surface area contributed by atoms with Crippen LogP contribution in [0.5, 0.6) is 5.75 Å². The molecule has 0 saturated carbocycles. The molecule has 7 nitrogen and oxygen atoms in total. The molecule has 1 amide bonds. The normalized spacial score (nSPS) is 15.8. The maximum Gasteiger partial charge on any atom is 0.260 e. The zero-order chi connectivity index (χ0) is 20.0. The average Bonchev–Trinajstić information content (AvgIpc) is 2.73. The molecule has 0 aromatic heterocycles. The van der Waals surface area contributed by atoms with Crippen LogP contribution >= 0.6 is 0 Å². The van der Waals surface area contributed by atoms with Crippen LogP contribution in [0.15, 0.2) is 59.5 Å². The van der Waals surface area contributed by atoms with Gasteiger partial charge < -0.3 is 14.4 Å². The summed E-state index contributed by atoms with van der Waals surface area (Å²) in [7, 11) is -3.67. The van der Waals surface area contributed by atoms with Crippen LogP contribution in [0.4, 0.5) is 0 Å². The van der Waals surface area contributed by atoms with Crippen molar-refractivity contribution >= 4 is 15.9 Å². The molecule has 28 heavy (non-hydrogen) atoms. The summed E-state index contributed by atoms with van der Waals surface area (Å²) in [5, 5.41) is 0. The number of sulfonamides is 1. The topological polar surface area (TPSA) is 84.9 Å². The molecule has 1 fully saturated rings. The van der Waals surface area contributed by atoms with Crippen LogP contribution < -0.4 is 9.46 Å². The van der Waals surface area contributed by atoms with E-state index in [9.17, 15) is 13.2 Å². The molecule has 0 radical (unpaired) electrons. The second-order valence-corrected chi connectivity index (χ2v) is 8.22. The standard InChI is InChI=1S/C20H24N2O5S/c1-16(17-5-3-2-4-6-17)21-28(24,25)19-9-7-18(8-10-19)27-15-20(23)22-11-13-26-14-12-22/h2-10,16,21H,11-15H2,1H3/t16-/m0/s1. The van der Waals surface area contributed by atoms with Crippen LogP contribution in [0.3, 0.4) is 0 Å². The van der Waals surface area contributed by atoms with Crippen molar-refractivity contribution in [2.75, 3.05) is 32.9 Å². The summed E-state index contributed by atoms with van der Waals surface area (Å²) in [5.41, 5.74) is 0.882. The van der Waals surface area contributed by atoms with Crippen LogP contribution in [-0.2, 0) is 19.6 Å². The van der Waals surface area contributed by atoms with Crippen molar-refractivity contribution in [1.82, 2.24) is 9.62 Å². The number of rotatable bonds is 7. The molecule has 2 aromatic carbocycles. The Morgan fingerprint density at radius 1 is 1.11 bits per heavy atom. The molecule has 0 aliphatic carbocycles. The van der Waals surface area contributed by atoms with E-state index in [1.165, 1.54) is 12.1 Å². The molecule has 1 N–H and O–H groups in total. The zero-order valence-corrected chi connectivity index (χ0v) is 16.5. The predicted octanol–water partition coefficient (Wildman–Crippen LogP) is 1.96. The lowest BCUT2D eigenvalue weighted by atomic mass is 10.1. The van der Waals surface area contributed by atoms with Crippen molar-refractivity contribution in [2.24, 2.45) is 0 Å². The SMILES string of the molecule is C[C@H](NS(=O)(=O)c1ccc(OCC(=O)N2CCOCC2)cc1)c1ccccc1. The second-order valence-electron chi connectivity index (χ2n) is 6.51. The number of hydrogen-bond donors (Lipinski definition) is 1. The lowest BCUT2D eigenvalue weighted by molar-refractivity contribution is -0.137.